The highest BCUT2D eigenvalue weighted by atomic mass is 28.4. The second-order valence-electron chi connectivity index (χ2n) is 0.644. The summed E-state index contributed by atoms with van der Waals surface area (Å²) < 4.78 is 9.56. The molecule has 4 heteroatoms. The Morgan fingerprint density at radius 2 is 1.50 bits per heavy atom. The van der Waals surface area contributed by atoms with E-state index in [2.05, 4.69) is 0 Å². The van der Waals surface area contributed by atoms with Gasteiger partial charge in [0.2, 0.25) is 0 Å². The standard InChI is InChI=1S/H4O2Si2/c1-3-2-4-1/h3-4H2/p+1. The maximum absolute atomic E-state index is 4.78. The summed E-state index contributed by atoms with van der Waals surface area (Å²) in [6.07, 6.45) is 0. The second-order valence-corrected chi connectivity index (χ2v) is 4.38. The third-order valence-electron chi connectivity index (χ3n) is 0.333. The highest BCUT2D eigenvalue weighted by Gasteiger charge is 1.96. The summed E-state index contributed by atoms with van der Waals surface area (Å²) in [5, 5.41) is 0. The van der Waals surface area contributed by atoms with Crippen molar-refractivity contribution in [3.8, 4) is 0 Å². The molecule has 2 nitrogen and oxygen atoms in total. The zero-order valence-corrected chi connectivity index (χ0v) is 5.06. The predicted octanol–water partition coefficient (Wildman–Crippen LogP) is -1.86. The lowest BCUT2D eigenvalue weighted by Gasteiger charge is -2.10. The molecule has 1 saturated heterocycles. The van der Waals surface area contributed by atoms with Crippen LogP contribution in [0.2, 0.25) is 0 Å². The Labute approximate surface area is 30.7 Å². The SMILES string of the molecule is O1[SiH2]O[SiH2]1.[H+]. The molecular weight excluding hydrogens is 88.2 g/mol. The fourth-order valence-corrected chi connectivity index (χ4v) is 0.750. The molecule has 0 bridgehead atoms. The van der Waals surface area contributed by atoms with Crippen molar-refractivity contribution in [2.45, 2.75) is 0 Å². The summed E-state index contributed by atoms with van der Waals surface area (Å²) in [6.45, 7) is 0. The van der Waals surface area contributed by atoms with E-state index in [4.69, 9.17) is 8.23 Å². The largest absolute Gasteiger partial charge is 1.00 e. The Kier molecular flexibility index (Phi) is 0.633. The van der Waals surface area contributed by atoms with Crippen LogP contribution in [0.5, 0.6) is 0 Å². The molecule has 0 saturated carbocycles. The summed E-state index contributed by atoms with van der Waals surface area (Å²) in [7, 11) is -0.667. The third kappa shape index (κ3) is 0.228. The first-order valence-electron chi connectivity index (χ1n) is 1.15. The minimum atomic E-state index is -0.333. The topological polar surface area (TPSA) is 18.5 Å². The van der Waals surface area contributed by atoms with Gasteiger partial charge in [0.05, 0.1) is 0 Å². The van der Waals surface area contributed by atoms with Crippen molar-refractivity contribution in [1.82, 2.24) is 0 Å². The summed E-state index contributed by atoms with van der Waals surface area (Å²) in [5.41, 5.74) is 0. The lowest BCUT2D eigenvalue weighted by Crippen LogP contribution is -2.23. The van der Waals surface area contributed by atoms with E-state index in [1.165, 1.54) is 0 Å². The van der Waals surface area contributed by atoms with E-state index >= 15 is 0 Å². The molecule has 1 rings (SSSR count). The van der Waals surface area contributed by atoms with Gasteiger partial charge in [0.25, 0.3) is 20.0 Å². The molecule has 0 aliphatic carbocycles. The summed E-state index contributed by atoms with van der Waals surface area (Å²) >= 11 is 0. The van der Waals surface area contributed by atoms with Crippen molar-refractivity contribution in [3.05, 3.63) is 0 Å². The highest BCUT2D eigenvalue weighted by Crippen LogP contribution is 1.78. The van der Waals surface area contributed by atoms with Crippen LogP contribution in [0.1, 0.15) is 1.43 Å². The van der Waals surface area contributed by atoms with Crippen molar-refractivity contribution in [2.24, 2.45) is 0 Å². The van der Waals surface area contributed by atoms with E-state index < -0.39 is 0 Å². The summed E-state index contributed by atoms with van der Waals surface area (Å²) in [6, 6.07) is 0. The van der Waals surface area contributed by atoms with Gasteiger partial charge in [-0.2, -0.15) is 0 Å². The predicted molar refractivity (Wildman–Crippen MR) is 20.4 cm³/mol. The quantitative estimate of drug-likeness (QED) is 0.327. The maximum atomic E-state index is 4.78. The molecule has 1 heterocycles. The van der Waals surface area contributed by atoms with Crippen molar-refractivity contribution in [1.29, 1.82) is 0 Å². The van der Waals surface area contributed by atoms with Gasteiger partial charge >= 0.3 is 1.43 Å². The molecule has 0 aromatic carbocycles. The van der Waals surface area contributed by atoms with Crippen LogP contribution in [0.25, 0.3) is 0 Å². The molecule has 0 unspecified atom stereocenters. The molecule has 4 heavy (non-hydrogen) atoms. The normalized spacial score (nSPS) is 36.0. The van der Waals surface area contributed by atoms with E-state index in [-0.39, 0.29) is 21.4 Å². The van der Waals surface area contributed by atoms with Gasteiger partial charge in [-0.15, -0.1) is 0 Å². The average molecular weight is 93.2 g/mol. The molecule has 1 aliphatic rings. The second kappa shape index (κ2) is 0.980. The van der Waals surface area contributed by atoms with Gasteiger partial charge in [0, 0.05) is 0 Å². The molecule has 1 aliphatic heterocycles. The molecule has 1 fully saturated rings. The fraction of sp³-hybridized carbons (Fsp3) is 0. The van der Waals surface area contributed by atoms with Gasteiger partial charge in [-0.25, -0.2) is 0 Å². The van der Waals surface area contributed by atoms with Crippen molar-refractivity contribution in [3.63, 3.8) is 0 Å². The van der Waals surface area contributed by atoms with Crippen molar-refractivity contribution >= 4 is 20.0 Å². The average Bonchev–Trinajstić information content (AvgIpc) is 0.722. The molecule has 0 N–H and O–H groups in total. The van der Waals surface area contributed by atoms with Gasteiger partial charge < -0.3 is 8.23 Å². The van der Waals surface area contributed by atoms with Crippen LogP contribution in [0.15, 0.2) is 0 Å². The lowest BCUT2D eigenvalue weighted by atomic mass is 15.7. The van der Waals surface area contributed by atoms with Crippen LogP contribution in [0, 0.1) is 0 Å². The Bertz CT molecular complexity index is 15.6. The van der Waals surface area contributed by atoms with Crippen LogP contribution in [-0.2, 0) is 8.23 Å². The minimum absolute atomic E-state index is 0. The highest BCUT2D eigenvalue weighted by molar-refractivity contribution is 6.49. The molecule has 0 amide bonds. The Morgan fingerprint density at radius 3 is 1.50 bits per heavy atom. The zero-order valence-electron chi connectivity index (χ0n) is 3.23. The van der Waals surface area contributed by atoms with E-state index in [1.807, 2.05) is 0 Å². The van der Waals surface area contributed by atoms with Crippen molar-refractivity contribution in [2.75, 3.05) is 0 Å². The van der Waals surface area contributed by atoms with E-state index in [1.54, 1.807) is 0 Å². The number of hydrogen-bond donors (Lipinski definition) is 0. The first-order chi connectivity index (χ1) is 2.00. The lowest BCUT2D eigenvalue weighted by molar-refractivity contribution is 0.346. The molecule has 0 aromatic rings. The fourth-order valence-electron chi connectivity index (χ4n) is 0.0833. The van der Waals surface area contributed by atoms with Crippen LogP contribution >= 0.6 is 0 Å². The molecule has 0 atom stereocenters. The molecular formula is H5O2Si2+. The summed E-state index contributed by atoms with van der Waals surface area (Å²) in [5.74, 6) is 0. The molecule has 0 spiro atoms. The molecule has 0 radical (unpaired) electrons. The monoisotopic (exact) mass is 93.0 g/mol. The van der Waals surface area contributed by atoms with Crippen LogP contribution in [0.3, 0.4) is 0 Å². The smallest absolute Gasteiger partial charge is 0.425 e. The zero-order chi connectivity index (χ0) is 2.83. The van der Waals surface area contributed by atoms with Crippen LogP contribution in [-0.4, -0.2) is 20.0 Å². The summed E-state index contributed by atoms with van der Waals surface area (Å²) in [4.78, 5) is 0. The van der Waals surface area contributed by atoms with E-state index in [0.717, 1.165) is 0 Å². The Balaban J connectivity index is 0.000000160. The first-order valence-corrected chi connectivity index (χ1v) is 3.46. The maximum Gasteiger partial charge on any atom is 1.00 e. The first kappa shape index (κ1) is 2.58. The third-order valence-corrected chi connectivity index (χ3v) is 3.00. The number of rotatable bonds is 0. The van der Waals surface area contributed by atoms with Crippen LogP contribution in [0.4, 0.5) is 0 Å². The van der Waals surface area contributed by atoms with E-state index in [9.17, 15) is 0 Å². The Hall–Kier alpha value is 0.354. The van der Waals surface area contributed by atoms with Gasteiger partial charge in [-0.1, -0.05) is 0 Å². The van der Waals surface area contributed by atoms with Gasteiger partial charge in [-0.3, -0.25) is 0 Å². The Morgan fingerprint density at radius 1 is 1.25 bits per heavy atom. The van der Waals surface area contributed by atoms with Crippen LogP contribution < -0.4 is 0 Å². The van der Waals surface area contributed by atoms with E-state index in [0.29, 0.717) is 0 Å². The minimum Gasteiger partial charge on any atom is -0.425 e. The molecule has 24 valence electrons. The van der Waals surface area contributed by atoms with Gasteiger partial charge in [0.15, 0.2) is 0 Å². The number of hydrogen-bond acceptors (Lipinski definition) is 2. The van der Waals surface area contributed by atoms with Gasteiger partial charge in [-0.05, 0) is 0 Å². The van der Waals surface area contributed by atoms with Crippen molar-refractivity contribution < 1.29 is 9.66 Å². The van der Waals surface area contributed by atoms with Gasteiger partial charge in [0.1, 0.15) is 0 Å². The molecule has 0 aromatic heterocycles.